The Hall–Kier alpha value is -2.58. The molecule has 1 amide bonds. The molecule has 168 valence electrons. The van der Waals surface area contributed by atoms with Crippen molar-refractivity contribution in [2.45, 2.75) is 25.7 Å². The number of amides is 1. The molecule has 0 bridgehead atoms. The Labute approximate surface area is 185 Å². The second-order valence-electron chi connectivity index (χ2n) is 8.09. The van der Waals surface area contributed by atoms with Crippen LogP contribution in [0.5, 0.6) is 5.75 Å². The summed E-state index contributed by atoms with van der Waals surface area (Å²) in [5.41, 5.74) is 4.45. The van der Waals surface area contributed by atoms with E-state index in [9.17, 15) is 13.2 Å². The molecule has 0 radical (unpaired) electrons. The lowest BCUT2D eigenvalue weighted by molar-refractivity contribution is -0.133. The van der Waals surface area contributed by atoms with Gasteiger partial charge in [-0.2, -0.15) is 0 Å². The maximum absolute atomic E-state index is 12.6. The van der Waals surface area contributed by atoms with Gasteiger partial charge in [-0.1, -0.05) is 12.1 Å². The van der Waals surface area contributed by atoms with Gasteiger partial charge in [-0.25, -0.2) is 12.7 Å². The van der Waals surface area contributed by atoms with Crippen molar-refractivity contribution in [1.82, 2.24) is 9.21 Å². The molecule has 0 spiro atoms. The van der Waals surface area contributed by atoms with Crippen LogP contribution < -0.4 is 9.64 Å². The minimum Gasteiger partial charge on any atom is -0.483 e. The number of anilines is 1. The lowest BCUT2D eigenvalue weighted by Crippen LogP contribution is -2.50. The third-order valence-corrected chi connectivity index (χ3v) is 7.64. The van der Waals surface area contributed by atoms with Crippen molar-refractivity contribution in [2.75, 3.05) is 51.8 Å². The van der Waals surface area contributed by atoms with E-state index in [1.807, 2.05) is 4.90 Å². The van der Waals surface area contributed by atoms with Crippen LogP contribution in [0.1, 0.15) is 16.7 Å². The largest absolute Gasteiger partial charge is 0.483 e. The molecule has 0 aromatic heterocycles. The SMILES string of the molecule is Cc1cc(S(=O)(=O)N(C)C)ccc1OCC(=O)N1CCN(c2cccc(C)c2C)CC1. The van der Waals surface area contributed by atoms with E-state index >= 15 is 0 Å². The van der Waals surface area contributed by atoms with Gasteiger partial charge in [-0.05, 0) is 61.7 Å². The standard InChI is InChI=1S/C23H31N3O4S/c1-17-7-6-8-21(19(17)3)25-11-13-26(14-12-25)23(27)16-30-22-10-9-20(15-18(22)2)31(28,29)24(4)5/h6-10,15H,11-14,16H2,1-5H3. The smallest absolute Gasteiger partial charge is 0.260 e. The Morgan fingerprint density at radius 1 is 1.00 bits per heavy atom. The highest BCUT2D eigenvalue weighted by molar-refractivity contribution is 7.89. The summed E-state index contributed by atoms with van der Waals surface area (Å²) in [5.74, 6) is 0.449. The predicted octanol–water partition coefficient (Wildman–Crippen LogP) is 2.59. The zero-order valence-corrected chi connectivity index (χ0v) is 19.7. The number of aryl methyl sites for hydroxylation is 2. The van der Waals surface area contributed by atoms with Crippen molar-refractivity contribution in [3.05, 3.63) is 53.1 Å². The molecule has 0 aliphatic carbocycles. The lowest BCUT2D eigenvalue weighted by Gasteiger charge is -2.37. The summed E-state index contributed by atoms with van der Waals surface area (Å²) in [7, 11) is -0.513. The molecule has 0 saturated carbocycles. The lowest BCUT2D eigenvalue weighted by atomic mass is 10.1. The van der Waals surface area contributed by atoms with E-state index in [0.29, 0.717) is 24.4 Å². The molecule has 2 aromatic carbocycles. The number of nitrogens with zero attached hydrogens (tertiary/aromatic N) is 3. The van der Waals surface area contributed by atoms with Crippen LogP contribution in [-0.4, -0.2) is 70.4 Å². The molecular weight excluding hydrogens is 414 g/mol. The third-order valence-electron chi connectivity index (χ3n) is 5.83. The van der Waals surface area contributed by atoms with Gasteiger partial charge in [0.05, 0.1) is 4.90 Å². The van der Waals surface area contributed by atoms with E-state index in [1.54, 1.807) is 19.1 Å². The summed E-state index contributed by atoms with van der Waals surface area (Å²) >= 11 is 0. The van der Waals surface area contributed by atoms with Gasteiger partial charge in [0.15, 0.2) is 6.61 Å². The van der Waals surface area contributed by atoms with Crippen LogP contribution in [0.3, 0.4) is 0 Å². The van der Waals surface area contributed by atoms with Crippen LogP contribution in [0.25, 0.3) is 0 Å². The molecule has 0 atom stereocenters. The first-order valence-corrected chi connectivity index (χ1v) is 11.8. The molecule has 0 N–H and O–H groups in total. The minimum atomic E-state index is -3.50. The monoisotopic (exact) mass is 445 g/mol. The first-order valence-electron chi connectivity index (χ1n) is 10.4. The number of rotatable bonds is 6. The molecule has 1 fully saturated rings. The van der Waals surface area contributed by atoms with Gasteiger partial charge in [0.1, 0.15) is 5.75 Å². The number of hydrogen-bond acceptors (Lipinski definition) is 5. The van der Waals surface area contributed by atoms with Crippen molar-refractivity contribution >= 4 is 21.6 Å². The Morgan fingerprint density at radius 2 is 1.68 bits per heavy atom. The summed E-state index contributed by atoms with van der Waals surface area (Å²) in [5, 5.41) is 0. The van der Waals surface area contributed by atoms with E-state index in [1.165, 1.54) is 41.3 Å². The molecule has 2 aromatic rings. The average molecular weight is 446 g/mol. The number of carbonyl (C=O) groups excluding carboxylic acids is 1. The fourth-order valence-corrected chi connectivity index (χ4v) is 4.65. The summed E-state index contributed by atoms with van der Waals surface area (Å²) in [6.07, 6.45) is 0. The van der Waals surface area contributed by atoms with Gasteiger partial charge in [-0.15, -0.1) is 0 Å². The highest BCUT2D eigenvalue weighted by Gasteiger charge is 2.23. The van der Waals surface area contributed by atoms with Crippen molar-refractivity contribution in [3.63, 3.8) is 0 Å². The Balaban J connectivity index is 1.57. The van der Waals surface area contributed by atoms with E-state index in [4.69, 9.17) is 4.74 Å². The number of benzene rings is 2. The molecular formula is C23H31N3O4S. The summed E-state index contributed by atoms with van der Waals surface area (Å²) in [6.45, 7) is 8.82. The quantitative estimate of drug-likeness (QED) is 0.684. The molecule has 1 aliphatic heterocycles. The summed E-state index contributed by atoms with van der Waals surface area (Å²) in [6, 6.07) is 11.0. The van der Waals surface area contributed by atoms with Crippen molar-refractivity contribution < 1.29 is 17.9 Å². The molecule has 1 aliphatic rings. The molecule has 1 heterocycles. The van der Waals surface area contributed by atoms with E-state index < -0.39 is 10.0 Å². The van der Waals surface area contributed by atoms with Crippen molar-refractivity contribution in [3.8, 4) is 5.75 Å². The summed E-state index contributed by atoms with van der Waals surface area (Å²) < 4.78 is 31.4. The van der Waals surface area contributed by atoms with Crippen LogP contribution in [0.15, 0.2) is 41.3 Å². The van der Waals surface area contributed by atoms with Gasteiger partial charge < -0.3 is 14.5 Å². The minimum absolute atomic E-state index is 0.0648. The predicted molar refractivity (Wildman–Crippen MR) is 122 cm³/mol. The molecule has 1 saturated heterocycles. The van der Waals surface area contributed by atoms with Crippen LogP contribution in [0, 0.1) is 20.8 Å². The second-order valence-corrected chi connectivity index (χ2v) is 10.2. The summed E-state index contributed by atoms with van der Waals surface area (Å²) in [4.78, 5) is 17.0. The Morgan fingerprint density at radius 3 is 2.29 bits per heavy atom. The van der Waals surface area contributed by atoms with Gasteiger partial charge in [0.25, 0.3) is 5.91 Å². The van der Waals surface area contributed by atoms with Gasteiger partial charge in [-0.3, -0.25) is 4.79 Å². The van der Waals surface area contributed by atoms with E-state index in [0.717, 1.165) is 13.1 Å². The topological polar surface area (TPSA) is 70.2 Å². The van der Waals surface area contributed by atoms with Crippen molar-refractivity contribution in [2.24, 2.45) is 0 Å². The zero-order chi connectivity index (χ0) is 22.8. The number of hydrogen-bond donors (Lipinski definition) is 0. The molecule has 7 nitrogen and oxygen atoms in total. The second kappa shape index (κ2) is 9.28. The average Bonchev–Trinajstić information content (AvgIpc) is 2.74. The Kier molecular flexibility index (Phi) is 6.91. The number of piperazine rings is 1. The number of ether oxygens (including phenoxy) is 1. The van der Waals surface area contributed by atoms with E-state index in [2.05, 4.69) is 36.9 Å². The molecule has 31 heavy (non-hydrogen) atoms. The normalized spacial score (nSPS) is 14.8. The van der Waals surface area contributed by atoms with E-state index in [-0.39, 0.29) is 17.4 Å². The van der Waals surface area contributed by atoms with Crippen LogP contribution >= 0.6 is 0 Å². The zero-order valence-electron chi connectivity index (χ0n) is 18.9. The van der Waals surface area contributed by atoms with Crippen LogP contribution in [-0.2, 0) is 14.8 Å². The first kappa shape index (κ1) is 23.1. The van der Waals surface area contributed by atoms with Crippen LogP contribution in [0.2, 0.25) is 0 Å². The fourth-order valence-electron chi connectivity index (χ4n) is 3.66. The fraction of sp³-hybridized carbons (Fsp3) is 0.435. The van der Waals surface area contributed by atoms with Gasteiger partial charge in [0, 0.05) is 46.0 Å². The van der Waals surface area contributed by atoms with Gasteiger partial charge in [0.2, 0.25) is 10.0 Å². The molecule has 0 unspecified atom stereocenters. The molecule has 8 heteroatoms. The van der Waals surface area contributed by atoms with Crippen LogP contribution in [0.4, 0.5) is 5.69 Å². The molecule has 3 rings (SSSR count). The van der Waals surface area contributed by atoms with Gasteiger partial charge >= 0.3 is 0 Å². The number of sulfonamides is 1. The number of carbonyl (C=O) groups is 1. The maximum Gasteiger partial charge on any atom is 0.260 e. The Bertz CT molecular complexity index is 1060. The maximum atomic E-state index is 12.6. The highest BCUT2D eigenvalue weighted by Crippen LogP contribution is 2.25. The third kappa shape index (κ3) is 5.02. The first-order chi connectivity index (χ1) is 14.6. The van der Waals surface area contributed by atoms with Crippen molar-refractivity contribution in [1.29, 1.82) is 0 Å². The highest BCUT2D eigenvalue weighted by atomic mass is 32.2.